The monoisotopic (exact) mass is 253 g/mol. The first kappa shape index (κ1) is 12.2. The van der Waals surface area contributed by atoms with E-state index in [-0.39, 0.29) is 5.56 Å². The molecule has 0 saturated carbocycles. The molecule has 0 amide bonds. The van der Waals surface area contributed by atoms with Gasteiger partial charge in [0.2, 0.25) is 0 Å². The number of nitrogens with one attached hydrogen (secondary N) is 1. The van der Waals surface area contributed by atoms with Gasteiger partial charge in [-0.1, -0.05) is 44.2 Å². The molecule has 19 heavy (non-hydrogen) atoms. The second kappa shape index (κ2) is 4.69. The zero-order chi connectivity index (χ0) is 13.4. The minimum Gasteiger partial charge on any atom is -0.325 e. The first-order valence-electron chi connectivity index (χ1n) is 6.95. The molecule has 0 aliphatic heterocycles. The maximum Gasteiger partial charge on any atom is 0.256 e. The smallest absolute Gasteiger partial charge is 0.256 e. The number of pyridine rings is 1. The number of benzene rings is 1. The first-order chi connectivity index (χ1) is 9.15. The molecule has 98 valence electrons. The van der Waals surface area contributed by atoms with Crippen molar-refractivity contribution in [3.05, 3.63) is 58.0 Å². The van der Waals surface area contributed by atoms with Crippen LogP contribution in [0.5, 0.6) is 0 Å². The highest BCUT2D eigenvalue weighted by Crippen LogP contribution is 2.29. The maximum atomic E-state index is 12.2. The molecule has 0 saturated heterocycles. The molecule has 1 N–H and O–H groups in total. The van der Waals surface area contributed by atoms with E-state index in [0.717, 1.165) is 29.7 Å². The Morgan fingerprint density at radius 2 is 1.74 bits per heavy atom. The van der Waals surface area contributed by atoms with E-state index in [2.05, 4.69) is 24.9 Å². The summed E-state index contributed by atoms with van der Waals surface area (Å²) >= 11 is 0. The highest BCUT2D eigenvalue weighted by Gasteiger charge is 2.23. The lowest BCUT2D eigenvalue weighted by atomic mass is 9.79. The quantitative estimate of drug-likeness (QED) is 0.830. The zero-order valence-electron chi connectivity index (χ0n) is 11.4. The van der Waals surface area contributed by atoms with Crippen molar-refractivity contribution in [3.8, 4) is 11.1 Å². The van der Waals surface area contributed by atoms with Gasteiger partial charge < -0.3 is 4.98 Å². The molecule has 3 rings (SSSR count). The molecule has 2 unspecified atom stereocenters. The molecule has 0 fully saturated rings. The fraction of sp³-hybridized carbons (Fsp3) is 0.353. The summed E-state index contributed by atoms with van der Waals surface area (Å²) in [4.78, 5) is 15.3. The lowest BCUT2D eigenvalue weighted by Gasteiger charge is -2.27. The fourth-order valence-corrected chi connectivity index (χ4v) is 2.88. The molecule has 1 aromatic heterocycles. The van der Waals surface area contributed by atoms with Crippen LogP contribution in [0.4, 0.5) is 0 Å². The predicted molar refractivity (Wildman–Crippen MR) is 78.2 cm³/mol. The van der Waals surface area contributed by atoms with E-state index in [0.29, 0.717) is 11.8 Å². The minimum atomic E-state index is 0.0340. The van der Waals surface area contributed by atoms with E-state index < -0.39 is 0 Å². The number of hydrogen-bond acceptors (Lipinski definition) is 1. The van der Waals surface area contributed by atoms with Gasteiger partial charge in [0.25, 0.3) is 5.56 Å². The zero-order valence-corrected chi connectivity index (χ0v) is 11.4. The number of hydrogen-bond donors (Lipinski definition) is 1. The molecular weight excluding hydrogens is 234 g/mol. The van der Waals surface area contributed by atoms with Crippen LogP contribution in [0.15, 0.2) is 41.2 Å². The first-order valence-corrected chi connectivity index (χ1v) is 6.95. The maximum absolute atomic E-state index is 12.2. The molecule has 1 heterocycles. The van der Waals surface area contributed by atoms with Crippen molar-refractivity contribution in [1.82, 2.24) is 4.98 Å². The minimum absolute atomic E-state index is 0.0340. The molecule has 2 heteroatoms. The molecule has 0 spiro atoms. The summed E-state index contributed by atoms with van der Waals surface area (Å²) < 4.78 is 0. The molecule has 2 aromatic rings. The molecule has 0 bridgehead atoms. The van der Waals surface area contributed by atoms with Crippen LogP contribution in [0.1, 0.15) is 25.1 Å². The second-order valence-corrected chi connectivity index (χ2v) is 5.74. The number of H-pyrrole nitrogens is 1. The van der Waals surface area contributed by atoms with Gasteiger partial charge in [0, 0.05) is 11.3 Å². The average molecular weight is 253 g/mol. The van der Waals surface area contributed by atoms with Crippen LogP contribution in [0.25, 0.3) is 11.1 Å². The number of aromatic amines is 1. The van der Waals surface area contributed by atoms with Crippen molar-refractivity contribution in [1.29, 1.82) is 0 Å². The summed E-state index contributed by atoms with van der Waals surface area (Å²) in [6.07, 6.45) is 2.05. The van der Waals surface area contributed by atoms with Crippen LogP contribution in [0.2, 0.25) is 0 Å². The Morgan fingerprint density at radius 3 is 2.47 bits per heavy atom. The molecule has 1 aliphatic carbocycles. The van der Waals surface area contributed by atoms with Crippen molar-refractivity contribution in [2.45, 2.75) is 26.7 Å². The Labute approximate surface area is 113 Å². The van der Waals surface area contributed by atoms with Gasteiger partial charge >= 0.3 is 0 Å². The lowest BCUT2D eigenvalue weighted by molar-refractivity contribution is 0.356. The third-order valence-corrected chi connectivity index (χ3v) is 4.34. The van der Waals surface area contributed by atoms with Gasteiger partial charge in [0.15, 0.2) is 0 Å². The number of aromatic nitrogens is 1. The molecule has 0 radical (unpaired) electrons. The standard InChI is InChI=1S/C17H19NO/c1-11-8-14-10-15(13-6-4-3-5-7-13)17(19)18-16(14)9-12(11)2/h3-7,10-12H,8-9H2,1-2H3,(H,18,19). The van der Waals surface area contributed by atoms with Crippen LogP contribution >= 0.6 is 0 Å². The van der Waals surface area contributed by atoms with Gasteiger partial charge in [0.1, 0.15) is 0 Å². The van der Waals surface area contributed by atoms with E-state index in [1.54, 1.807) is 0 Å². The SMILES string of the molecule is CC1Cc2cc(-c3ccccc3)c(=O)[nH]c2CC1C. The molecule has 1 aliphatic rings. The third-order valence-electron chi connectivity index (χ3n) is 4.34. The number of fused-ring (bicyclic) bond motifs is 1. The van der Waals surface area contributed by atoms with Crippen LogP contribution in [0.3, 0.4) is 0 Å². The normalized spacial score (nSPS) is 22.0. The summed E-state index contributed by atoms with van der Waals surface area (Å²) in [5.74, 6) is 1.33. The van der Waals surface area contributed by atoms with Crippen molar-refractivity contribution in [3.63, 3.8) is 0 Å². The molecule has 2 atom stereocenters. The molecular formula is C17H19NO. The predicted octanol–water partition coefficient (Wildman–Crippen LogP) is 3.41. The van der Waals surface area contributed by atoms with E-state index in [9.17, 15) is 4.79 Å². The van der Waals surface area contributed by atoms with Crippen molar-refractivity contribution in [2.24, 2.45) is 11.8 Å². The van der Waals surface area contributed by atoms with Gasteiger partial charge in [-0.25, -0.2) is 0 Å². The van der Waals surface area contributed by atoms with Crippen molar-refractivity contribution in [2.75, 3.05) is 0 Å². The lowest BCUT2D eigenvalue weighted by Crippen LogP contribution is -2.25. The summed E-state index contributed by atoms with van der Waals surface area (Å²) in [6, 6.07) is 12.0. The highest BCUT2D eigenvalue weighted by molar-refractivity contribution is 5.63. The topological polar surface area (TPSA) is 32.9 Å². The third kappa shape index (κ3) is 2.23. The summed E-state index contributed by atoms with van der Waals surface area (Å²) in [5, 5.41) is 0. The van der Waals surface area contributed by atoms with Gasteiger partial charge in [-0.3, -0.25) is 4.79 Å². The Hall–Kier alpha value is -1.83. The van der Waals surface area contributed by atoms with E-state index >= 15 is 0 Å². The van der Waals surface area contributed by atoms with E-state index in [1.165, 1.54) is 5.56 Å². The van der Waals surface area contributed by atoms with E-state index in [1.807, 2.05) is 30.3 Å². The second-order valence-electron chi connectivity index (χ2n) is 5.74. The molecule has 2 nitrogen and oxygen atoms in total. The van der Waals surface area contributed by atoms with Gasteiger partial charge in [-0.2, -0.15) is 0 Å². The summed E-state index contributed by atoms with van der Waals surface area (Å²) in [7, 11) is 0. The van der Waals surface area contributed by atoms with Crippen LogP contribution in [-0.4, -0.2) is 4.98 Å². The Morgan fingerprint density at radius 1 is 1.05 bits per heavy atom. The highest BCUT2D eigenvalue weighted by atomic mass is 16.1. The van der Waals surface area contributed by atoms with Crippen molar-refractivity contribution >= 4 is 0 Å². The summed E-state index contributed by atoms with van der Waals surface area (Å²) in [6.45, 7) is 4.55. The fourth-order valence-electron chi connectivity index (χ4n) is 2.88. The van der Waals surface area contributed by atoms with Gasteiger partial charge in [0.05, 0.1) is 0 Å². The number of rotatable bonds is 1. The Bertz CT molecular complexity index is 642. The van der Waals surface area contributed by atoms with E-state index in [4.69, 9.17) is 0 Å². The Kier molecular flexibility index (Phi) is 3.02. The van der Waals surface area contributed by atoms with Gasteiger partial charge in [-0.15, -0.1) is 0 Å². The van der Waals surface area contributed by atoms with Crippen LogP contribution in [0, 0.1) is 11.8 Å². The summed E-state index contributed by atoms with van der Waals surface area (Å²) in [5.41, 5.74) is 4.27. The molecule has 1 aromatic carbocycles. The van der Waals surface area contributed by atoms with Crippen LogP contribution in [-0.2, 0) is 12.8 Å². The van der Waals surface area contributed by atoms with Crippen LogP contribution < -0.4 is 5.56 Å². The Balaban J connectivity index is 2.10. The van der Waals surface area contributed by atoms with Gasteiger partial charge in [-0.05, 0) is 41.9 Å². The van der Waals surface area contributed by atoms with Crippen molar-refractivity contribution < 1.29 is 0 Å². The largest absolute Gasteiger partial charge is 0.325 e. The average Bonchev–Trinajstić information content (AvgIpc) is 2.41.